The molecule has 0 saturated carbocycles. The molecule has 2 N–H and O–H groups in total. The number of carbonyl (C=O) groups excluding carboxylic acids is 2. The van der Waals surface area contributed by atoms with Gasteiger partial charge >= 0.3 is 13.8 Å². The van der Waals surface area contributed by atoms with Crippen molar-refractivity contribution in [3.05, 3.63) is 109 Å². The summed E-state index contributed by atoms with van der Waals surface area (Å²) >= 11 is 0. The van der Waals surface area contributed by atoms with Gasteiger partial charge in [-0.05, 0) is 115 Å². The number of amides is 1. The largest absolute Gasteiger partial charge is 0.472 e. The van der Waals surface area contributed by atoms with Crippen LogP contribution >= 0.6 is 7.82 Å². The van der Waals surface area contributed by atoms with Crippen LogP contribution in [0.15, 0.2) is 109 Å². The van der Waals surface area contributed by atoms with Gasteiger partial charge in [-0.25, -0.2) is 4.57 Å². The highest BCUT2D eigenvalue weighted by Crippen LogP contribution is 2.43. The summed E-state index contributed by atoms with van der Waals surface area (Å²) in [6.07, 6.45) is 75.2. The average molecular weight is 1080 g/mol. The van der Waals surface area contributed by atoms with Gasteiger partial charge in [-0.3, -0.25) is 18.6 Å². The minimum atomic E-state index is -4.47. The molecule has 0 aliphatic rings. The maximum atomic E-state index is 13.5. The van der Waals surface area contributed by atoms with E-state index >= 15 is 0 Å². The Balaban J connectivity index is 5.40. The van der Waals surface area contributed by atoms with E-state index in [2.05, 4.69) is 123 Å². The monoisotopic (exact) mass is 1080 g/mol. The lowest BCUT2D eigenvalue weighted by Gasteiger charge is -2.27. The number of hydrogen-bond donors (Lipinski definition) is 2. The van der Waals surface area contributed by atoms with Gasteiger partial charge in [0.1, 0.15) is 19.3 Å². The van der Waals surface area contributed by atoms with E-state index in [0.717, 1.165) is 96.3 Å². The van der Waals surface area contributed by atoms with Crippen molar-refractivity contribution in [2.45, 2.75) is 258 Å². The van der Waals surface area contributed by atoms with E-state index in [1.54, 1.807) is 0 Å². The summed E-state index contributed by atoms with van der Waals surface area (Å²) in [6, 6.07) is -0.887. The molecular formula is C66H116N2O7P+. The van der Waals surface area contributed by atoms with E-state index in [1.165, 1.54) is 103 Å². The number of carbonyl (C=O) groups is 2. The molecule has 0 fully saturated rings. The molecule has 0 aromatic heterocycles. The third-order valence-corrected chi connectivity index (χ3v) is 13.9. The van der Waals surface area contributed by atoms with Crippen molar-refractivity contribution in [1.82, 2.24) is 5.32 Å². The number of hydrogen-bond acceptors (Lipinski definition) is 6. The molecule has 0 bridgehead atoms. The molecule has 1 amide bonds. The SMILES string of the molecule is CCCCC/C=C\C/C=C\C/C=C\C/C=C\CCCCCCCC(=O)NC(COP(=O)(O)OCC[N+](C)(C)C)C(/C=C\CCCCCCCCCCCC)OC(=O)CCC/C=C\C/C=C\C/C=C\C/C=C\CCCCC. The lowest BCUT2D eigenvalue weighted by atomic mass is 10.0. The molecule has 0 aliphatic heterocycles. The molecule has 9 nitrogen and oxygen atoms in total. The molecule has 436 valence electrons. The van der Waals surface area contributed by atoms with E-state index in [4.69, 9.17) is 13.8 Å². The first-order chi connectivity index (χ1) is 36.9. The van der Waals surface area contributed by atoms with E-state index in [0.29, 0.717) is 30.3 Å². The molecule has 0 heterocycles. The van der Waals surface area contributed by atoms with Crippen LogP contribution in [0.1, 0.15) is 245 Å². The fourth-order valence-electron chi connectivity index (χ4n) is 8.15. The lowest BCUT2D eigenvalue weighted by Crippen LogP contribution is -2.47. The van der Waals surface area contributed by atoms with Crippen molar-refractivity contribution >= 4 is 19.7 Å². The Labute approximate surface area is 468 Å². The maximum absolute atomic E-state index is 13.5. The van der Waals surface area contributed by atoms with Crippen LogP contribution in [0.25, 0.3) is 0 Å². The number of nitrogens with one attached hydrogen (secondary N) is 1. The zero-order chi connectivity index (χ0) is 55.7. The fourth-order valence-corrected chi connectivity index (χ4v) is 8.89. The van der Waals surface area contributed by atoms with Gasteiger partial charge in [0.05, 0.1) is 33.8 Å². The van der Waals surface area contributed by atoms with E-state index in [1.807, 2.05) is 33.3 Å². The normalized spacial score (nSPS) is 14.5. The molecule has 0 saturated heterocycles. The Morgan fingerprint density at radius 1 is 0.461 bits per heavy atom. The molecule has 0 radical (unpaired) electrons. The van der Waals surface area contributed by atoms with Crippen LogP contribution < -0.4 is 5.32 Å². The predicted octanol–water partition coefficient (Wildman–Crippen LogP) is 18.9. The van der Waals surface area contributed by atoms with Crippen molar-refractivity contribution in [2.24, 2.45) is 0 Å². The van der Waals surface area contributed by atoms with Gasteiger partial charge in [0.2, 0.25) is 5.91 Å². The first kappa shape index (κ1) is 72.7. The standard InChI is InChI=1S/C66H115N2O7P/c1-7-10-13-16-19-22-25-28-30-32-33-34-35-37-38-40-43-46-49-52-55-58-65(69)67-63(62-74-76(71,72)73-61-60-68(4,5)6)64(57-54-51-48-45-42-27-24-21-18-15-12-9-3)75-66(70)59-56-53-50-47-44-41-39-36-31-29-26-23-20-17-14-11-8-2/h19-20,22-23,28-31,33-34,37-39,41,47,50,54,57,63-64H,7-18,21,24-27,32,35-36,40,42-46,48-49,51-53,55-56,58-62H2,1-6H3,(H-,67,69,71,72)/p+1/b22-19-,23-20-,30-28-,31-29-,34-33-,38-37-,41-39-,50-47-,57-54-. The third-order valence-electron chi connectivity index (χ3n) is 12.9. The van der Waals surface area contributed by atoms with Gasteiger partial charge in [-0.1, -0.05) is 227 Å². The highest BCUT2D eigenvalue weighted by atomic mass is 31.2. The summed E-state index contributed by atoms with van der Waals surface area (Å²) in [7, 11) is 1.44. The Bertz CT molecular complexity index is 1670. The zero-order valence-electron chi connectivity index (χ0n) is 49.7. The van der Waals surface area contributed by atoms with Crippen LogP contribution in [0.3, 0.4) is 0 Å². The topological polar surface area (TPSA) is 111 Å². The predicted molar refractivity (Wildman–Crippen MR) is 327 cm³/mol. The van der Waals surface area contributed by atoms with Crippen molar-refractivity contribution in [1.29, 1.82) is 0 Å². The second-order valence-corrected chi connectivity index (χ2v) is 23.0. The molecule has 76 heavy (non-hydrogen) atoms. The Kier molecular flexibility index (Phi) is 52.6. The van der Waals surface area contributed by atoms with E-state index in [-0.39, 0.29) is 31.5 Å². The van der Waals surface area contributed by atoms with Crippen LogP contribution in [-0.4, -0.2) is 74.3 Å². The number of unbranched alkanes of at least 4 members (excludes halogenated alkanes) is 22. The number of likely N-dealkylation sites (N-methyl/N-ethyl adjacent to an activating group) is 1. The molecule has 3 atom stereocenters. The summed E-state index contributed by atoms with van der Waals surface area (Å²) < 4.78 is 30.6. The van der Waals surface area contributed by atoms with Crippen molar-refractivity contribution < 1.29 is 37.3 Å². The first-order valence-corrected chi connectivity index (χ1v) is 32.2. The van der Waals surface area contributed by atoms with Gasteiger partial charge in [-0.15, -0.1) is 0 Å². The highest BCUT2D eigenvalue weighted by Gasteiger charge is 2.30. The maximum Gasteiger partial charge on any atom is 0.472 e. The number of ether oxygens (including phenoxy) is 1. The van der Waals surface area contributed by atoms with Crippen LogP contribution in [-0.2, 0) is 27.9 Å². The number of phosphoric ester groups is 1. The van der Waals surface area contributed by atoms with E-state index < -0.39 is 20.0 Å². The van der Waals surface area contributed by atoms with Crippen LogP contribution in [0.4, 0.5) is 0 Å². The number of esters is 1. The quantitative estimate of drug-likeness (QED) is 0.0205. The van der Waals surface area contributed by atoms with Crippen LogP contribution in [0.5, 0.6) is 0 Å². The molecule has 0 aromatic rings. The van der Waals surface area contributed by atoms with Gasteiger partial charge in [-0.2, -0.15) is 0 Å². The molecular weight excluding hydrogens is 964 g/mol. The minimum Gasteiger partial charge on any atom is -0.456 e. The van der Waals surface area contributed by atoms with Gasteiger partial charge in [0.15, 0.2) is 0 Å². The van der Waals surface area contributed by atoms with E-state index in [9.17, 15) is 19.0 Å². The number of quaternary nitrogens is 1. The van der Waals surface area contributed by atoms with Gasteiger partial charge in [0.25, 0.3) is 0 Å². The Morgan fingerprint density at radius 3 is 1.25 bits per heavy atom. The molecule has 0 spiro atoms. The number of nitrogens with zero attached hydrogens (tertiary/aromatic N) is 1. The second kappa shape index (κ2) is 55.0. The Morgan fingerprint density at radius 2 is 0.816 bits per heavy atom. The summed E-state index contributed by atoms with van der Waals surface area (Å²) in [5.41, 5.74) is 0. The van der Waals surface area contributed by atoms with Gasteiger partial charge < -0.3 is 19.4 Å². The summed E-state index contributed by atoms with van der Waals surface area (Å²) in [5, 5.41) is 3.03. The highest BCUT2D eigenvalue weighted by molar-refractivity contribution is 7.47. The number of phosphoric acid groups is 1. The molecule has 3 unspecified atom stereocenters. The smallest absolute Gasteiger partial charge is 0.456 e. The van der Waals surface area contributed by atoms with Crippen molar-refractivity contribution in [3.63, 3.8) is 0 Å². The lowest BCUT2D eigenvalue weighted by molar-refractivity contribution is -0.870. The Hall–Kier alpha value is -3.33. The first-order valence-electron chi connectivity index (χ1n) is 30.7. The number of allylic oxidation sites excluding steroid dienone is 17. The molecule has 10 heteroatoms. The fraction of sp³-hybridized carbons (Fsp3) is 0.697. The average Bonchev–Trinajstić information content (AvgIpc) is 3.38. The minimum absolute atomic E-state index is 0.0223. The molecule has 0 rings (SSSR count). The molecule has 0 aliphatic carbocycles. The third kappa shape index (κ3) is 55.4. The summed E-state index contributed by atoms with van der Waals surface area (Å²) in [5.74, 6) is -0.598. The summed E-state index contributed by atoms with van der Waals surface area (Å²) in [4.78, 5) is 37.7. The zero-order valence-corrected chi connectivity index (χ0v) is 50.6. The second-order valence-electron chi connectivity index (χ2n) is 21.5. The van der Waals surface area contributed by atoms with Gasteiger partial charge in [0, 0.05) is 12.8 Å². The van der Waals surface area contributed by atoms with Crippen molar-refractivity contribution in [2.75, 3.05) is 40.9 Å². The van der Waals surface area contributed by atoms with Crippen LogP contribution in [0, 0.1) is 0 Å². The molecule has 0 aromatic carbocycles. The van der Waals surface area contributed by atoms with Crippen LogP contribution in [0.2, 0.25) is 0 Å². The van der Waals surface area contributed by atoms with Crippen molar-refractivity contribution in [3.8, 4) is 0 Å². The number of rotatable bonds is 54. The summed E-state index contributed by atoms with van der Waals surface area (Å²) in [6.45, 7) is 6.89.